The van der Waals surface area contributed by atoms with E-state index in [1.54, 1.807) is 6.07 Å². The van der Waals surface area contributed by atoms with E-state index in [4.69, 9.17) is 23.2 Å². The van der Waals surface area contributed by atoms with Crippen LogP contribution in [0.2, 0.25) is 10.0 Å². The van der Waals surface area contributed by atoms with Gasteiger partial charge in [0.05, 0.1) is 22.2 Å². The van der Waals surface area contributed by atoms with Crippen molar-refractivity contribution in [3.05, 3.63) is 44.6 Å². The van der Waals surface area contributed by atoms with Gasteiger partial charge in [0.15, 0.2) is 5.78 Å². The number of hydrogen-bond acceptors (Lipinski definition) is 5. The Morgan fingerprint density at radius 3 is 2.56 bits per heavy atom. The maximum atomic E-state index is 12.9. The molecule has 1 aliphatic rings. The molecule has 0 saturated heterocycles. The van der Waals surface area contributed by atoms with E-state index in [9.17, 15) is 19.5 Å². The lowest BCUT2D eigenvalue weighted by atomic mass is 9.90. The van der Waals surface area contributed by atoms with Gasteiger partial charge < -0.3 is 10.4 Å². The molecule has 2 rings (SSSR count). The Labute approximate surface area is 173 Å². The fraction of sp³-hybridized carbons (Fsp3) is 0.389. The second-order valence-corrected chi connectivity index (χ2v) is 7.75. The quantitative estimate of drug-likeness (QED) is 0.364. The Bertz CT molecular complexity index is 824. The lowest BCUT2D eigenvalue weighted by Gasteiger charge is -2.20. The van der Waals surface area contributed by atoms with Crippen LogP contribution in [0, 0.1) is 0 Å². The largest absolute Gasteiger partial charge is 0.511 e. The third-order valence-corrected chi connectivity index (χ3v) is 5.05. The summed E-state index contributed by atoms with van der Waals surface area (Å²) in [4.78, 5) is 37.0. The zero-order valence-electron chi connectivity index (χ0n) is 14.9. The standard InChI is InChI=1S/C18H20Cl2N2O4S/c1-9(2)21-18(26)22(27)8-10-6-7-11(19)14(16(10)20)17(25)15-12(23)4-3-5-13(15)24/h6-7,9,23,27H,3-5,8H2,1-2H3,(H,21,26). The van der Waals surface area contributed by atoms with Crippen molar-refractivity contribution >= 4 is 53.6 Å². The molecule has 0 heterocycles. The first-order valence-electron chi connectivity index (χ1n) is 8.37. The SMILES string of the molecule is CC(C)NC(=O)N(S)Cc1ccc(Cl)c(C(=O)C2=C(O)CCCC2=O)c1Cl. The highest BCUT2D eigenvalue weighted by Gasteiger charge is 2.30. The lowest BCUT2D eigenvalue weighted by molar-refractivity contribution is -0.116. The molecule has 0 unspecified atom stereocenters. The Balaban J connectivity index is 2.37. The highest BCUT2D eigenvalue weighted by molar-refractivity contribution is 7.78. The number of aliphatic hydroxyl groups is 1. The molecule has 0 fully saturated rings. The number of amides is 2. The van der Waals surface area contributed by atoms with E-state index in [0.29, 0.717) is 12.0 Å². The van der Waals surface area contributed by atoms with Gasteiger partial charge in [0.1, 0.15) is 11.3 Å². The summed E-state index contributed by atoms with van der Waals surface area (Å²) < 4.78 is 1.12. The van der Waals surface area contributed by atoms with Crippen LogP contribution in [0.15, 0.2) is 23.5 Å². The van der Waals surface area contributed by atoms with Crippen LogP contribution in [0.4, 0.5) is 4.79 Å². The topological polar surface area (TPSA) is 86.7 Å². The predicted molar refractivity (Wildman–Crippen MR) is 108 cm³/mol. The smallest absolute Gasteiger partial charge is 0.327 e. The monoisotopic (exact) mass is 430 g/mol. The van der Waals surface area contributed by atoms with Crippen LogP contribution in [0.5, 0.6) is 0 Å². The molecule has 146 valence electrons. The van der Waals surface area contributed by atoms with Gasteiger partial charge in [0.25, 0.3) is 0 Å². The van der Waals surface area contributed by atoms with Crippen LogP contribution in [-0.4, -0.2) is 33.1 Å². The number of hydrogen-bond donors (Lipinski definition) is 3. The van der Waals surface area contributed by atoms with E-state index in [2.05, 4.69) is 18.1 Å². The van der Waals surface area contributed by atoms with E-state index in [-0.39, 0.29) is 52.4 Å². The number of thiol groups is 1. The van der Waals surface area contributed by atoms with Crippen LogP contribution in [0.1, 0.15) is 49.0 Å². The van der Waals surface area contributed by atoms with Crippen LogP contribution in [0.3, 0.4) is 0 Å². The van der Waals surface area contributed by atoms with Crippen LogP contribution < -0.4 is 5.32 Å². The molecule has 0 aliphatic heterocycles. The summed E-state index contributed by atoms with van der Waals surface area (Å²) in [5.74, 6) is -1.40. The number of nitrogens with zero attached hydrogens (tertiary/aromatic N) is 1. The minimum absolute atomic E-state index is 0.0108. The maximum Gasteiger partial charge on any atom is 0.327 e. The molecule has 9 heteroatoms. The molecule has 0 atom stereocenters. The molecular weight excluding hydrogens is 411 g/mol. The number of carbonyl (C=O) groups excluding carboxylic acids is 3. The van der Waals surface area contributed by atoms with Gasteiger partial charge in [-0.15, -0.1) is 0 Å². The molecule has 0 spiro atoms. The molecular formula is C18H20Cl2N2O4S. The van der Waals surface area contributed by atoms with E-state index < -0.39 is 17.6 Å². The van der Waals surface area contributed by atoms with Crippen LogP contribution in [-0.2, 0) is 11.3 Å². The van der Waals surface area contributed by atoms with Gasteiger partial charge in [-0.1, -0.05) is 42.1 Å². The molecule has 0 radical (unpaired) electrons. The van der Waals surface area contributed by atoms with E-state index in [0.717, 1.165) is 4.31 Å². The highest BCUT2D eigenvalue weighted by Crippen LogP contribution is 2.33. The highest BCUT2D eigenvalue weighted by atomic mass is 35.5. The summed E-state index contributed by atoms with van der Waals surface area (Å²) in [5.41, 5.74) is 0.0859. The summed E-state index contributed by atoms with van der Waals surface area (Å²) in [6.07, 6.45) is 0.921. The number of halogens is 2. The van der Waals surface area contributed by atoms with Gasteiger partial charge in [-0.3, -0.25) is 13.9 Å². The van der Waals surface area contributed by atoms with Gasteiger partial charge >= 0.3 is 6.03 Å². The minimum atomic E-state index is -0.716. The minimum Gasteiger partial charge on any atom is -0.511 e. The number of aliphatic hydroxyl groups excluding tert-OH is 1. The summed E-state index contributed by atoms with van der Waals surface area (Å²) in [6.45, 7) is 3.64. The van der Waals surface area contributed by atoms with Crippen molar-refractivity contribution in [3.8, 4) is 0 Å². The first-order chi connectivity index (χ1) is 12.6. The molecule has 0 aromatic heterocycles. The van der Waals surface area contributed by atoms with Crippen molar-refractivity contribution in [1.82, 2.24) is 9.62 Å². The third kappa shape index (κ3) is 4.97. The van der Waals surface area contributed by atoms with Gasteiger partial charge in [0.2, 0.25) is 5.78 Å². The molecule has 6 nitrogen and oxygen atoms in total. The van der Waals surface area contributed by atoms with E-state index in [1.165, 1.54) is 6.07 Å². The summed E-state index contributed by atoms with van der Waals surface area (Å²) >= 11 is 16.7. The van der Waals surface area contributed by atoms with Crippen molar-refractivity contribution in [2.24, 2.45) is 0 Å². The number of carbonyl (C=O) groups is 3. The number of nitrogens with one attached hydrogen (secondary N) is 1. The van der Waals surface area contributed by atoms with Crippen molar-refractivity contribution in [2.45, 2.75) is 45.7 Å². The third-order valence-electron chi connectivity index (χ3n) is 3.98. The Kier molecular flexibility index (Phi) is 7.19. The Hall–Kier alpha value is -1.70. The number of rotatable bonds is 5. The zero-order chi connectivity index (χ0) is 20.3. The Morgan fingerprint density at radius 2 is 1.96 bits per heavy atom. The number of allylic oxidation sites excluding steroid dienone is 2. The predicted octanol–water partition coefficient (Wildman–Crippen LogP) is 4.51. The Morgan fingerprint density at radius 1 is 1.30 bits per heavy atom. The molecule has 2 N–H and O–H groups in total. The molecule has 27 heavy (non-hydrogen) atoms. The first-order valence-corrected chi connectivity index (χ1v) is 9.52. The van der Waals surface area contributed by atoms with Crippen molar-refractivity contribution < 1.29 is 19.5 Å². The van der Waals surface area contributed by atoms with Crippen LogP contribution in [0.25, 0.3) is 0 Å². The zero-order valence-corrected chi connectivity index (χ0v) is 17.3. The molecule has 1 aromatic carbocycles. The molecule has 0 saturated carbocycles. The van der Waals surface area contributed by atoms with E-state index >= 15 is 0 Å². The molecule has 1 aliphatic carbocycles. The van der Waals surface area contributed by atoms with Crippen molar-refractivity contribution in [2.75, 3.05) is 0 Å². The van der Waals surface area contributed by atoms with Gasteiger partial charge in [-0.05, 0) is 31.9 Å². The number of benzene rings is 1. The van der Waals surface area contributed by atoms with E-state index in [1.807, 2.05) is 13.8 Å². The summed E-state index contributed by atoms with van der Waals surface area (Å²) in [5, 5.41) is 12.8. The van der Waals surface area contributed by atoms with Crippen molar-refractivity contribution in [3.63, 3.8) is 0 Å². The molecule has 1 aromatic rings. The fourth-order valence-electron chi connectivity index (χ4n) is 2.69. The van der Waals surface area contributed by atoms with Crippen LogP contribution >= 0.6 is 36.0 Å². The molecule has 2 amide bonds. The lowest BCUT2D eigenvalue weighted by Crippen LogP contribution is -2.37. The van der Waals surface area contributed by atoms with Gasteiger partial charge in [0, 0.05) is 18.9 Å². The number of Topliss-reactive ketones (excluding diaryl/α,β-unsaturated/α-hetero) is 2. The summed E-state index contributed by atoms with van der Waals surface area (Å²) in [6, 6.07) is 2.54. The number of ketones is 2. The van der Waals surface area contributed by atoms with Gasteiger partial charge in [-0.25, -0.2) is 4.79 Å². The maximum absolute atomic E-state index is 12.9. The first kappa shape index (κ1) is 21.6. The second-order valence-electron chi connectivity index (χ2n) is 6.48. The molecule has 0 bridgehead atoms. The summed E-state index contributed by atoms with van der Waals surface area (Å²) in [7, 11) is 0. The second kappa shape index (κ2) is 8.99. The van der Waals surface area contributed by atoms with Crippen molar-refractivity contribution in [1.29, 1.82) is 0 Å². The van der Waals surface area contributed by atoms with Gasteiger partial charge in [-0.2, -0.15) is 0 Å². The fourth-order valence-corrected chi connectivity index (χ4v) is 3.50. The average molecular weight is 431 g/mol. The average Bonchev–Trinajstić information content (AvgIpc) is 2.56. The number of urea groups is 1. The normalized spacial score (nSPS) is 14.5.